The summed E-state index contributed by atoms with van der Waals surface area (Å²) in [6.45, 7) is 18.3. The predicted octanol–water partition coefficient (Wildman–Crippen LogP) is 3.79. The highest BCUT2D eigenvalue weighted by Gasteiger charge is 2.63. The van der Waals surface area contributed by atoms with E-state index in [0.29, 0.717) is 17.9 Å². The van der Waals surface area contributed by atoms with E-state index in [1.807, 2.05) is 6.08 Å². The average Bonchev–Trinajstić information content (AvgIpc) is 2.80. The van der Waals surface area contributed by atoms with Crippen molar-refractivity contribution in [2.24, 2.45) is 16.7 Å². The van der Waals surface area contributed by atoms with Gasteiger partial charge in [0, 0.05) is 5.41 Å². The van der Waals surface area contributed by atoms with E-state index in [1.165, 1.54) is 12.8 Å². The molecule has 2 aliphatic carbocycles. The van der Waals surface area contributed by atoms with Gasteiger partial charge in [-0.05, 0) is 50.5 Å². The Morgan fingerprint density at radius 2 is 1.95 bits per heavy atom. The van der Waals surface area contributed by atoms with Crippen LogP contribution in [-0.4, -0.2) is 42.7 Å². The lowest BCUT2D eigenvalue weighted by atomic mass is 9.70. The van der Waals surface area contributed by atoms with Gasteiger partial charge < -0.3 is 9.22 Å². The van der Waals surface area contributed by atoms with Crippen molar-refractivity contribution >= 4 is 5.97 Å². The molecular weight excluding hydrogens is 274 g/mol. The van der Waals surface area contributed by atoms with Gasteiger partial charge in [-0.2, -0.15) is 0 Å². The third-order valence-electron chi connectivity index (χ3n) is 7.31. The van der Waals surface area contributed by atoms with Crippen molar-refractivity contribution in [1.82, 2.24) is 0 Å². The minimum Gasteiger partial charge on any atom is -0.458 e. The normalized spacial score (nSPS) is 33.0. The third-order valence-corrected chi connectivity index (χ3v) is 7.31. The maximum Gasteiger partial charge on any atom is 0.362 e. The van der Waals surface area contributed by atoms with Crippen LogP contribution in [0.25, 0.3) is 0 Å². The summed E-state index contributed by atoms with van der Waals surface area (Å²) in [7, 11) is 0. The largest absolute Gasteiger partial charge is 0.458 e. The molecule has 3 heteroatoms. The SMILES string of the molecule is C=CC[N+](CC)(CC)CC(=O)O[C@H]1C[C@H]2CC[C@@]1(C)C2(C)C. The summed E-state index contributed by atoms with van der Waals surface area (Å²) in [5.74, 6) is 0.681. The number of fused-ring (bicyclic) bond motifs is 2. The Hall–Kier alpha value is -0.830. The standard InChI is InChI=1S/C19H34NO2/c1-7-12-20(8-2,9-3)14-17(21)22-16-13-15-10-11-19(16,6)18(15,4)5/h7,15-16H,1,8-14H2,2-6H3/q+1/t15-,16+,19-/m1/s1. The van der Waals surface area contributed by atoms with Crippen LogP contribution >= 0.6 is 0 Å². The number of quaternary nitrogens is 1. The fourth-order valence-electron chi connectivity index (χ4n) is 4.82. The van der Waals surface area contributed by atoms with E-state index in [4.69, 9.17) is 4.74 Å². The van der Waals surface area contributed by atoms with Gasteiger partial charge in [-0.25, -0.2) is 4.79 Å². The van der Waals surface area contributed by atoms with Crippen LogP contribution in [0.5, 0.6) is 0 Å². The molecular formula is C19H34NO2+. The van der Waals surface area contributed by atoms with Crippen LogP contribution in [0, 0.1) is 16.7 Å². The number of esters is 1. The summed E-state index contributed by atoms with van der Waals surface area (Å²) in [5, 5.41) is 0. The van der Waals surface area contributed by atoms with Crippen molar-refractivity contribution in [2.45, 2.75) is 60.0 Å². The lowest BCUT2D eigenvalue weighted by Crippen LogP contribution is -2.52. The third kappa shape index (κ3) is 2.62. The molecule has 2 fully saturated rings. The van der Waals surface area contributed by atoms with Crippen LogP contribution in [0.2, 0.25) is 0 Å². The smallest absolute Gasteiger partial charge is 0.362 e. The molecule has 0 amide bonds. The summed E-state index contributed by atoms with van der Waals surface area (Å²) < 4.78 is 6.75. The maximum absolute atomic E-state index is 12.6. The number of hydrogen-bond donors (Lipinski definition) is 0. The lowest BCUT2D eigenvalue weighted by Gasteiger charge is -2.39. The topological polar surface area (TPSA) is 26.3 Å². The van der Waals surface area contributed by atoms with E-state index < -0.39 is 0 Å². The van der Waals surface area contributed by atoms with E-state index in [9.17, 15) is 4.79 Å². The highest BCUT2D eigenvalue weighted by molar-refractivity contribution is 5.71. The number of ether oxygens (including phenoxy) is 1. The second kappa shape index (κ2) is 5.99. The maximum atomic E-state index is 12.6. The molecule has 0 N–H and O–H groups in total. The number of nitrogens with zero attached hydrogens (tertiary/aromatic N) is 1. The van der Waals surface area contributed by atoms with Gasteiger partial charge in [-0.15, -0.1) is 0 Å². The van der Waals surface area contributed by atoms with Gasteiger partial charge in [0.25, 0.3) is 0 Å². The monoisotopic (exact) mass is 308 g/mol. The molecule has 126 valence electrons. The number of rotatable bonds is 7. The Kier molecular flexibility index (Phi) is 4.77. The molecule has 22 heavy (non-hydrogen) atoms. The van der Waals surface area contributed by atoms with Crippen molar-refractivity contribution in [1.29, 1.82) is 0 Å². The molecule has 0 radical (unpaired) electrons. The molecule has 2 bridgehead atoms. The van der Waals surface area contributed by atoms with Crippen molar-refractivity contribution in [3.05, 3.63) is 12.7 Å². The Bertz CT molecular complexity index is 439. The summed E-state index contributed by atoms with van der Waals surface area (Å²) >= 11 is 0. The number of hydrogen-bond acceptors (Lipinski definition) is 2. The van der Waals surface area contributed by atoms with Gasteiger partial charge in [0.15, 0.2) is 6.54 Å². The van der Waals surface area contributed by atoms with Crippen LogP contribution in [0.4, 0.5) is 0 Å². The molecule has 0 spiro atoms. The Balaban J connectivity index is 2.03. The van der Waals surface area contributed by atoms with E-state index in [2.05, 4.69) is 41.2 Å². The first-order valence-electron chi connectivity index (χ1n) is 8.90. The zero-order chi connectivity index (χ0) is 16.6. The van der Waals surface area contributed by atoms with Crippen LogP contribution in [0.15, 0.2) is 12.7 Å². The molecule has 0 aromatic rings. The minimum atomic E-state index is -0.0277. The van der Waals surface area contributed by atoms with Crippen LogP contribution in [0.3, 0.4) is 0 Å². The predicted molar refractivity (Wildman–Crippen MR) is 90.4 cm³/mol. The van der Waals surface area contributed by atoms with E-state index in [0.717, 1.165) is 30.5 Å². The molecule has 0 aromatic heterocycles. The van der Waals surface area contributed by atoms with E-state index in [1.54, 1.807) is 0 Å². The van der Waals surface area contributed by atoms with Crippen LogP contribution < -0.4 is 0 Å². The highest BCUT2D eigenvalue weighted by atomic mass is 16.5. The van der Waals surface area contributed by atoms with E-state index >= 15 is 0 Å². The van der Waals surface area contributed by atoms with Crippen molar-refractivity contribution in [3.63, 3.8) is 0 Å². The quantitative estimate of drug-likeness (QED) is 0.406. The summed E-state index contributed by atoms with van der Waals surface area (Å²) in [4.78, 5) is 12.6. The fraction of sp³-hybridized carbons (Fsp3) is 0.842. The first-order chi connectivity index (χ1) is 10.2. The zero-order valence-electron chi connectivity index (χ0n) is 15.2. The van der Waals surface area contributed by atoms with Gasteiger partial charge in [0.05, 0.1) is 19.6 Å². The molecule has 2 aliphatic rings. The van der Waals surface area contributed by atoms with Crippen molar-refractivity contribution < 1.29 is 14.0 Å². The lowest BCUT2D eigenvalue weighted by molar-refractivity contribution is -0.912. The second-order valence-corrected chi connectivity index (χ2v) is 8.19. The number of likely N-dealkylation sites (N-methyl/N-ethyl adjacent to an activating group) is 1. The summed E-state index contributed by atoms with van der Waals surface area (Å²) in [6.07, 6.45) is 5.56. The molecule has 0 heterocycles. The summed E-state index contributed by atoms with van der Waals surface area (Å²) in [5.41, 5.74) is 0.445. The number of carbonyl (C=O) groups excluding carboxylic acids is 1. The first-order valence-corrected chi connectivity index (χ1v) is 8.90. The molecule has 0 saturated heterocycles. The first kappa shape index (κ1) is 17.5. The van der Waals surface area contributed by atoms with Gasteiger partial charge in [-0.3, -0.25) is 0 Å². The molecule has 3 atom stereocenters. The zero-order valence-corrected chi connectivity index (χ0v) is 15.2. The van der Waals surface area contributed by atoms with E-state index in [-0.39, 0.29) is 17.5 Å². The van der Waals surface area contributed by atoms with Crippen LogP contribution in [-0.2, 0) is 9.53 Å². The Morgan fingerprint density at radius 1 is 1.32 bits per heavy atom. The van der Waals surface area contributed by atoms with Crippen LogP contribution in [0.1, 0.15) is 53.9 Å². The van der Waals surface area contributed by atoms with Gasteiger partial charge >= 0.3 is 5.97 Å². The Morgan fingerprint density at radius 3 is 2.36 bits per heavy atom. The van der Waals surface area contributed by atoms with Gasteiger partial charge in [0.1, 0.15) is 6.10 Å². The summed E-state index contributed by atoms with van der Waals surface area (Å²) in [6, 6.07) is 0. The van der Waals surface area contributed by atoms with Crippen molar-refractivity contribution in [3.8, 4) is 0 Å². The molecule has 2 rings (SSSR count). The van der Waals surface area contributed by atoms with Gasteiger partial charge in [-0.1, -0.05) is 27.4 Å². The molecule has 3 nitrogen and oxygen atoms in total. The van der Waals surface area contributed by atoms with Gasteiger partial charge in [0.2, 0.25) is 0 Å². The molecule has 2 saturated carbocycles. The molecule has 0 aliphatic heterocycles. The molecule has 0 aromatic carbocycles. The Labute approximate surface area is 136 Å². The number of carbonyl (C=O) groups is 1. The molecule has 0 unspecified atom stereocenters. The minimum absolute atomic E-state index is 0.0277. The average molecular weight is 308 g/mol. The fourth-order valence-corrected chi connectivity index (χ4v) is 4.82. The highest BCUT2D eigenvalue weighted by Crippen LogP contribution is 2.66. The van der Waals surface area contributed by atoms with Crippen molar-refractivity contribution in [2.75, 3.05) is 26.2 Å². The second-order valence-electron chi connectivity index (χ2n) is 8.19.